The lowest BCUT2D eigenvalue weighted by Gasteiger charge is -2.29. The van der Waals surface area contributed by atoms with Crippen molar-refractivity contribution >= 4 is 5.97 Å². The van der Waals surface area contributed by atoms with Crippen LogP contribution in [0.25, 0.3) is 0 Å². The zero-order chi connectivity index (χ0) is 8.27. The quantitative estimate of drug-likeness (QED) is 0.615. The van der Waals surface area contributed by atoms with Crippen molar-refractivity contribution in [2.24, 2.45) is 5.92 Å². The summed E-state index contributed by atoms with van der Waals surface area (Å²) in [6.07, 6.45) is 2.97. The zero-order valence-electron chi connectivity index (χ0n) is 6.75. The third-order valence-electron chi connectivity index (χ3n) is 2.30. The van der Waals surface area contributed by atoms with Gasteiger partial charge in [0.2, 0.25) is 0 Å². The molecule has 3 heteroatoms. The molecule has 0 spiro atoms. The first-order chi connectivity index (χ1) is 5.24. The summed E-state index contributed by atoms with van der Waals surface area (Å²) in [5.41, 5.74) is 0. The number of carbonyl (C=O) groups is 1. The molecule has 64 valence electrons. The molecule has 1 N–H and O–H groups in total. The molecule has 1 saturated carbocycles. The highest BCUT2D eigenvalue weighted by molar-refractivity contribution is 5.69. The largest absolute Gasteiger partial charge is 0.469 e. The molecule has 0 radical (unpaired) electrons. The third-order valence-corrected chi connectivity index (χ3v) is 2.30. The van der Waals surface area contributed by atoms with Gasteiger partial charge in [-0.25, -0.2) is 0 Å². The molecule has 0 aromatic carbocycles. The normalized spacial score (nSPS) is 20.5. The van der Waals surface area contributed by atoms with Crippen molar-refractivity contribution in [2.75, 3.05) is 7.11 Å². The number of aliphatic hydroxyl groups is 1. The standard InChI is InChI=1S/C8H14O3/c1-11-8(10)5-7(9)6-3-2-4-6/h6-7,9H,2-5H2,1H3/t7-/m0/s1. The average Bonchev–Trinajstić information content (AvgIpc) is 1.83. The third kappa shape index (κ3) is 2.19. The molecule has 1 atom stereocenters. The van der Waals surface area contributed by atoms with Crippen LogP contribution in [0.5, 0.6) is 0 Å². The first-order valence-electron chi connectivity index (χ1n) is 3.99. The van der Waals surface area contributed by atoms with Crippen molar-refractivity contribution in [3.8, 4) is 0 Å². The van der Waals surface area contributed by atoms with Crippen LogP contribution in [0.15, 0.2) is 0 Å². The molecule has 0 unspecified atom stereocenters. The van der Waals surface area contributed by atoms with Gasteiger partial charge < -0.3 is 9.84 Å². The van der Waals surface area contributed by atoms with Crippen LogP contribution in [-0.2, 0) is 9.53 Å². The lowest BCUT2D eigenvalue weighted by molar-refractivity contribution is -0.144. The minimum absolute atomic E-state index is 0.154. The maximum atomic E-state index is 10.7. The summed E-state index contributed by atoms with van der Waals surface area (Å²) in [7, 11) is 1.34. The number of hydrogen-bond acceptors (Lipinski definition) is 3. The molecule has 1 fully saturated rings. The predicted octanol–water partition coefficient (Wildman–Crippen LogP) is 0.710. The zero-order valence-corrected chi connectivity index (χ0v) is 6.75. The molecule has 3 nitrogen and oxygen atoms in total. The summed E-state index contributed by atoms with van der Waals surface area (Å²) in [5.74, 6) is 0.0264. The minimum Gasteiger partial charge on any atom is -0.469 e. The molecule has 0 aliphatic heterocycles. The molecule has 0 aromatic rings. The molecule has 0 aromatic heterocycles. The van der Waals surface area contributed by atoms with Gasteiger partial charge in [0.25, 0.3) is 0 Å². The van der Waals surface area contributed by atoms with E-state index in [9.17, 15) is 9.90 Å². The van der Waals surface area contributed by atoms with E-state index in [0.29, 0.717) is 5.92 Å². The summed E-state index contributed by atoms with van der Waals surface area (Å²) in [5, 5.41) is 9.37. The second kappa shape index (κ2) is 3.72. The van der Waals surface area contributed by atoms with Crippen molar-refractivity contribution in [3.63, 3.8) is 0 Å². The van der Waals surface area contributed by atoms with E-state index in [1.165, 1.54) is 13.5 Å². The van der Waals surface area contributed by atoms with Crippen LogP contribution in [0, 0.1) is 5.92 Å². The fraction of sp³-hybridized carbons (Fsp3) is 0.875. The number of methoxy groups -OCH3 is 1. The van der Waals surface area contributed by atoms with Crippen LogP contribution < -0.4 is 0 Å². The molecule has 0 bridgehead atoms. The Labute approximate surface area is 66.4 Å². The Morgan fingerprint density at radius 1 is 1.73 bits per heavy atom. The summed E-state index contributed by atoms with van der Waals surface area (Å²) in [6.45, 7) is 0. The fourth-order valence-corrected chi connectivity index (χ4v) is 1.25. The minimum atomic E-state index is -0.476. The number of hydrogen-bond donors (Lipinski definition) is 1. The van der Waals surface area contributed by atoms with Gasteiger partial charge in [-0.15, -0.1) is 0 Å². The van der Waals surface area contributed by atoms with E-state index in [0.717, 1.165) is 12.8 Å². The van der Waals surface area contributed by atoms with Gasteiger partial charge in [0.05, 0.1) is 19.6 Å². The van der Waals surface area contributed by atoms with Gasteiger partial charge in [-0.2, -0.15) is 0 Å². The van der Waals surface area contributed by atoms with Crippen LogP contribution >= 0.6 is 0 Å². The lowest BCUT2D eigenvalue weighted by atomic mass is 9.80. The van der Waals surface area contributed by atoms with E-state index in [1.54, 1.807) is 0 Å². The summed E-state index contributed by atoms with van der Waals surface area (Å²) < 4.78 is 4.44. The van der Waals surface area contributed by atoms with Gasteiger partial charge in [0.15, 0.2) is 0 Å². The summed E-state index contributed by atoms with van der Waals surface area (Å²) in [4.78, 5) is 10.7. The fourth-order valence-electron chi connectivity index (χ4n) is 1.25. The molecule has 1 aliphatic carbocycles. The molecular weight excluding hydrogens is 144 g/mol. The highest BCUT2D eigenvalue weighted by atomic mass is 16.5. The molecule has 1 rings (SSSR count). The van der Waals surface area contributed by atoms with Crippen LogP contribution in [0.4, 0.5) is 0 Å². The number of ether oxygens (including phenoxy) is 1. The smallest absolute Gasteiger partial charge is 0.308 e. The topological polar surface area (TPSA) is 46.5 Å². The van der Waals surface area contributed by atoms with Gasteiger partial charge in [-0.1, -0.05) is 6.42 Å². The van der Waals surface area contributed by atoms with Crippen molar-refractivity contribution < 1.29 is 14.6 Å². The van der Waals surface area contributed by atoms with Gasteiger partial charge in [-0.3, -0.25) is 4.79 Å². The summed E-state index contributed by atoms with van der Waals surface area (Å²) in [6, 6.07) is 0. The number of aliphatic hydroxyl groups excluding tert-OH is 1. The predicted molar refractivity (Wildman–Crippen MR) is 40.0 cm³/mol. The van der Waals surface area contributed by atoms with Crippen molar-refractivity contribution in [2.45, 2.75) is 31.8 Å². The van der Waals surface area contributed by atoms with Gasteiger partial charge in [-0.05, 0) is 18.8 Å². The van der Waals surface area contributed by atoms with Crippen molar-refractivity contribution in [1.29, 1.82) is 0 Å². The SMILES string of the molecule is COC(=O)C[C@H](O)C1CCC1. The van der Waals surface area contributed by atoms with E-state index in [2.05, 4.69) is 4.74 Å². The second-order valence-corrected chi connectivity index (χ2v) is 3.04. The second-order valence-electron chi connectivity index (χ2n) is 3.04. The molecule has 11 heavy (non-hydrogen) atoms. The Morgan fingerprint density at radius 2 is 2.36 bits per heavy atom. The van der Waals surface area contributed by atoms with E-state index in [4.69, 9.17) is 0 Å². The number of rotatable bonds is 3. The molecular formula is C8H14O3. The van der Waals surface area contributed by atoms with Gasteiger partial charge in [0, 0.05) is 0 Å². The van der Waals surface area contributed by atoms with Crippen molar-refractivity contribution in [1.82, 2.24) is 0 Å². The van der Waals surface area contributed by atoms with Crippen LogP contribution in [-0.4, -0.2) is 24.3 Å². The van der Waals surface area contributed by atoms with E-state index < -0.39 is 6.10 Å². The first kappa shape index (κ1) is 8.53. The highest BCUT2D eigenvalue weighted by Crippen LogP contribution is 2.30. The Balaban J connectivity index is 2.19. The molecule has 1 aliphatic rings. The lowest BCUT2D eigenvalue weighted by Crippen LogP contribution is -2.29. The van der Waals surface area contributed by atoms with Crippen LogP contribution in [0.1, 0.15) is 25.7 Å². The maximum Gasteiger partial charge on any atom is 0.308 e. The number of esters is 1. The Bertz CT molecular complexity index is 140. The van der Waals surface area contributed by atoms with Gasteiger partial charge in [0.1, 0.15) is 0 Å². The van der Waals surface area contributed by atoms with Crippen LogP contribution in [0.3, 0.4) is 0 Å². The van der Waals surface area contributed by atoms with E-state index in [-0.39, 0.29) is 12.4 Å². The first-order valence-corrected chi connectivity index (χ1v) is 3.99. The van der Waals surface area contributed by atoms with Crippen LogP contribution in [0.2, 0.25) is 0 Å². The maximum absolute atomic E-state index is 10.7. The highest BCUT2D eigenvalue weighted by Gasteiger charge is 2.27. The average molecular weight is 158 g/mol. The molecule has 0 amide bonds. The Kier molecular flexibility index (Phi) is 2.88. The molecule has 0 saturated heterocycles. The van der Waals surface area contributed by atoms with E-state index >= 15 is 0 Å². The summed E-state index contributed by atoms with van der Waals surface area (Å²) >= 11 is 0. The number of carbonyl (C=O) groups excluding carboxylic acids is 1. The van der Waals surface area contributed by atoms with Crippen molar-refractivity contribution in [3.05, 3.63) is 0 Å². The Morgan fingerprint density at radius 3 is 2.73 bits per heavy atom. The molecule has 0 heterocycles. The van der Waals surface area contributed by atoms with E-state index in [1.807, 2.05) is 0 Å². The van der Waals surface area contributed by atoms with Gasteiger partial charge >= 0.3 is 5.97 Å². The Hall–Kier alpha value is -0.570. The monoisotopic (exact) mass is 158 g/mol.